The van der Waals surface area contributed by atoms with Gasteiger partial charge in [-0.25, -0.2) is 0 Å². The van der Waals surface area contributed by atoms with Crippen molar-refractivity contribution in [3.63, 3.8) is 0 Å². The molecule has 0 unspecified atom stereocenters. The van der Waals surface area contributed by atoms with Crippen molar-refractivity contribution in [1.82, 2.24) is 24.3 Å². The molecule has 0 bridgehead atoms. The lowest BCUT2D eigenvalue weighted by molar-refractivity contribution is 0.884. The first-order chi connectivity index (χ1) is 10.8. The van der Waals surface area contributed by atoms with Crippen molar-refractivity contribution in [1.29, 1.82) is 0 Å². The van der Waals surface area contributed by atoms with Crippen molar-refractivity contribution in [2.24, 2.45) is 7.05 Å². The predicted octanol–water partition coefficient (Wildman–Crippen LogP) is 3.31. The van der Waals surface area contributed by atoms with Crippen LogP contribution in [0.5, 0.6) is 0 Å². The number of aromatic nitrogens is 5. The molecule has 108 valence electrons. The maximum absolute atomic E-state index is 4.22. The van der Waals surface area contributed by atoms with Crippen LogP contribution in [0.1, 0.15) is 0 Å². The Morgan fingerprint density at radius 1 is 1.14 bits per heavy atom. The molecule has 0 atom stereocenters. The Labute approximate surface area is 131 Å². The fourth-order valence-electron chi connectivity index (χ4n) is 2.40. The SMILES string of the molecule is Cn1ccc2cc(-n3cnnc3Sc3cccnc3)ccc21. The number of rotatable bonds is 3. The van der Waals surface area contributed by atoms with Crippen LogP contribution in [-0.2, 0) is 7.05 Å². The summed E-state index contributed by atoms with van der Waals surface area (Å²) in [5.41, 5.74) is 2.26. The number of aryl methyl sites for hydroxylation is 1. The zero-order valence-corrected chi connectivity index (χ0v) is 12.7. The lowest BCUT2D eigenvalue weighted by atomic mass is 10.2. The fraction of sp³-hybridized carbons (Fsp3) is 0.0625. The normalized spacial score (nSPS) is 11.1. The van der Waals surface area contributed by atoms with E-state index >= 15 is 0 Å². The van der Waals surface area contributed by atoms with E-state index in [1.807, 2.05) is 29.9 Å². The van der Waals surface area contributed by atoms with Crippen LogP contribution in [0, 0.1) is 0 Å². The van der Waals surface area contributed by atoms with Crippen LogP contribution in [0.4, 0.5) is 0 Å². The molecule has 0 fully saturated rings. The molecule has 0 amide bonds. The van der Waals surface area contributed by atoms with Gasteiger partial charge in [0.1, 0.15) is 6.33 Å². The van der Waals surface area contributed by atoms with Crippen LogP contribution in [0.15, 0.2) is 71.4 Å². The van der Waals surface area contributed by atoms with Gasteiger partial charge in [-0.15, -0.1) is 10.2 Å². The summed E-state index contributed by atoms with van der Waals surface area (Å²) in [6.07, 6.45) is 7.39. The van der Waals surface area contributed by atoms with Gasteiger partial charge in [0.05, 0.1) is 0 Å². The Hall–Kier alpha value is -2.60. The molecule has 4 rings (SSSR count). The van der Waals surface area contributed by atoms with Gasteiger partial charge in [-0.05, 0) is 48.2 Å². The highest BCUT2D eigenvalue weighted by Crippen LogP contribution is 2.28. The van der Waals surface area contributed by atoms with Gasteiger partial charge in [0, 0.05) is 47.1 Å². The first-order valence-corrected chi connectivity index (χ1v) is 7.66. The Balaban J connectivity index is 1.74. The van der Waals surface area contributed by atoms with Gasteiger partial charge in [-0.3, -0.25) is 9.55 Å². The standard InChI is InChI=1S/C16H13N5S/c1-20-8-6-12-9-13(4-5-15(12)20)21-11-18-19-16(21)22-14-3-2-7-17-10-14/h2-11H,1H3. The zero-order chi connectivity index (χ0) is 14.9. The zero-order valence-electron chi connectivity index (χ0n) is 11.9. The third kappa shape index (κ3) is 2.27. The topological polar surface area (TPSA) is 48.5 Å². The molecule has 0 aliphatic heterocycles. The Kier molecular flexibility index (Phi) is 3.16. The summed E-state index contributed by atoms with van der Waals surface area (Å²) in [5.74, 6) is 0. The van der Waals surface area contributed by atoms with Crippen molar-refractivity contribution in [3.8, 4) is 5.69 Å². The summed E-state index contributed by atoms with van der Waals surface area (Å²) in [4.78, 5) is 5.17. The maximum Gasteiger partial charge on any atom is 0.200 e. The minimum atomic E-state index is 0.822. The number of benzene rings is 1. The highest BCUT2D eigenvalue weighted by atomic mass is 32.2. The summed E-state index contributed by atoms with van der Waals surface area (Å²) >= 11 is 1.55. The number of hydrogen-bond donors (Lipinski definition) is 0. The minimum absolute atomic E-state index is 0.822. The Bertz CT molecular complexity index is 926. The molecule has 0 spiro atoms. The number of pyridine rings is 1. The van der Waals surface area contributed by atoms with Gasteiger partial charge in [-0.1, -0.05) is 0 Å². The largest absolute Gasteiger partial charge is 0.351 e. The van der Waals surface area contributed by atoms with E-state index in [-0.39, 0.29) is 0 Å². The maximum atomic E-state index is 4.22. The average molecular weight is 307 g/mol. The van der Waals surface area contributed by atoms with Gasteiger partial charge in [0.2, 0.25) is 0 Å². The van der Waals surface area contributed by atoms with Crippen LogP contribution in [0.2, 0.25) is 0 Å². The van der Waals surface area contributed by atoms with E-state index in [2.05, 4.69) is 50.2 Å². The van der Waals surface area contributed by atoms with Crippen molar-refractivity contribution >= 4 is 22.7 Å². The molecule has 3 heterocycles. The van der Waals surface area contributed by atoms with E-state index in [1.54, 1.807) is 24.3 Å². The molecule has 4 aromatic rings. The summed E-state index contributed by atoms with van der Waals surface area (Å²) in [5, 5.41) is 10.3. The average Bonchev–Trinajstić information content (AvgIpc) is 3.15. The van der Waals surface area contributed by atoms with Crippen molar-refractivity contribution in [2.45, 2.75) is 10.1 Å². The Morgan fingerprint density at radius 3 is 2.95 bits per heavy atom. The molecule has 0 radical (unpaired) electrons. The first-order valence-electron chi connectivity index (χ1n) is 6.84. The highest BCUT2D eigenvalue weighted by molar-refractivity contribution is 7.99. The third-order valence-electron chi connectivity index (χ3n) is 3.51. The molecule has 0 aliphatic carbocycles. The van der Waals surface area contributed by atoms with E-state index < -0.39 is 0 Å². The molecule has 22 heavy (non-hydrogen) atoms. The second-order valence-corrected chi connectivity index (χ2v) is 5.98. The van der Waals surface area contributed by atoms with Crippen LogP contribution in [0.3, 0.4) is 0 Å². The van der Waals surface area contributed by atoms with Gasteiger partial charge in [0.25, 0.3) is 0 Å². The molecule has 0 aliphatic rings. The summed E-state index contributed by atoms with van der Waals surface area (Å²) in [6.45, 7) is 0. The van der Waals surface area contributed by atoms with Crippen LogP contribution >= 0.6 is 11.8 Å². The highest BCUT2D eigenvalue weighted by Gasteiger charge is 2.09. The number of fused-ring (bicyclic) bond motifs is 1. The van der Waals surface area contributed by atoms with Gasteiger partial charge in [-0.2, -0.15) is 0 Å². The number of nitrogens with zero attached hydrogens (tertiary/aromatic N) is 5. The van der Waals surface area contributed by atoms with Gasteiger partial charge >= 0.3 is 0 Å². The minimum Gasteiger partial charge on any atom is -0.351 e. The summed E-state index contributed by atoms with van der Waals surface area (Å²) < 4.78 is 4.10. The van der Waals surface area contributed by atoms with Crippen LogP contribution in [0.25, 0.3) is 16.6 Å². The van der Waals surface area contributed by atoms with E-state index in [4.69, 9.17) is 0 Å². The molecule has 6 heteroatoms. The molecule has 0 N–H and O–H groups in total. The number of hydrogen-bond acceptors (Lipinski definition) is 4. The fourth-order valence-corrected chi connectivity index (χ4v) is 3.21. The van der Waals surface area contributed by atoms with Crippen LogP contribution in [-0.4, -0.2) is 24.3 Å². The van der Waals surface area contributed by atoms with E-state index in [1.165, 1.54) is 10.9 Å². The lowest BCUT2D eigenvalue weighted by Crippen LogP contribution is -1.95. The second-order valence-electron chi connectivity index (χ2n) is 4.94. The van der Waals surface area contributed by atoms with E-state index in [0.717, 1.165) is 15.7 Å². The van der Waals surface area contributed by atoms with Crippen molar-refractivity contribution < 1.29 is 0 Å². The molecular formula is C16H13N5S. The molecular weight excluding hydrogens is 294 g/mol. The molecule has 0 saturated carbocycles. The monoisotopic (exact) mass is 307 g/mol. The first kappa shape index (κ1) is 13.1. The molecule has 3 aromatic heterocycles. The molecule has 1 aromatic carbocycles. The Morgan fingerprint density at radius 2 is 2.09 bits per heavy atom. The quantitative estimate of drug-likeness (QED) is 0.582. The van der Waals surface area contributed by atoms with Gasteiger partial charge < -0.3 is 4.57 Å². The smallest absolute Gasteiger partial charge is 0.200 e. The predicted molar refractivity (Wildman–Crippen MR) is 86.2 cm³/mol. The molecule has 5 nitrogen and oxygen atoms in total. The summed E-state index contributed by atoms with van der Waals surface area (Å²) in [7, 11) is 2.05. The third-order valence-corrected chi connectivity index (χ3v) is 4.45. The van der Waals surface area contributed by atoms with Gasteiger partial charge in [0.15, 0.2) is 5.16 Å². The lowest BCUT2D eigenvalue weighted by Gasteiger charge is -2.06. The van der Waals surface area contributed by atoms with Crippen molar-refractivity contribution in [2.75, 3.05) is 0 Å². The van der Waals surface area contributed by atoms with Crippen molar-refractivity contribution in [3.05, 3.63) is 61.3 Å². The van der Waals surface area contributed by atoms with Crippen LogP contribution < -0.4 is 0 Å². The van der Waals surface area contributed by atoms with E-state index in [0.29, 0.717) is 0 Å². The summed E-state index contributed by atoms with van der Waals surface area (Å²) in [6, 6.07) is 12.4. The van der Waals surface area contributed by atoms with E-state index in [9.17, 15) is 0 Å². The molecule has 0 saturated heterocycles. The second kappa shape index (κ2) is 5.31.